The van der Waals surface area contributed by atoms with Crippen LogP contribution in [0.2, 0.25) is 0 Å². The number of hydrogen-bond acceptors (Lipinski definition) is 1. The van der Waals surface area contributed by atoms with Gasteiger partial charge in [-0.3, -0.25) is 4.99 Å². The van der Waals surface area contributed by atoms with Crippen molar-refractivity contribution in [2.45, 2.75) is 33.1 Å². The van der Waals surface area contributed by atoms with Gasteiger partial charge in [0, 0.05) is 12.8 Å². The third-order valence-electron chi connectivity index (χ3n) is 2.09. The topological polar surface area (TPSA) is 12.4 Å². The Morgan fingerprint density at radius 3 is 2.33 bits per heavy atom. The summed E-state index contributed by atoms with van der Waals surface area (Å²) in [7, 11) is 1.90. The van der Waals surface area contributed by atoms with Gasteiger partial charge in [-0.15, -0.1) is 0 Å². The van der Waals surface area contributed by atoms with Gasteiger partial charge in [0.1, 0.15) is 0 Å². The van der Waals surface area contributed by atoms with E-state index in [-0.39, 0.29) is 0 Å². The first-order valence-corrected chi connectivity index (χ1v) is 3.59. The van der Waals surface area contributed by atoms with Gasteiger partial charge in [-0.2, -0.15) is 0 Å². The van der Waals surface area contributed by atoms with E-state index in [0.717, 1.165) is 0 Å². The van der Waals surface area contributed by atoms with Gasteiger partial charge in [-0.05, 0) is 24.7 Å². The van der Waals surface area contributed by atoms with Gasteiger partial charge < -0.3 is 0 Å². The maximum Gasteiger partial charge on any atom is 0.0276 e. The van der Waals surface area contributed by atoms with Gasteiger partial charge in [-0.25, -0.2) is 0 Å². The quantitative estimate of drug-likeness (QED) is 0.471. The second-order valence-corrected chi connectivity index (χ2v) is 3.63. The summed E-state index contributed by atoms with van der Waals surface area (Å²) in [6, 6.07) is 0. The van der Waals surface area contributed by atoms with Gasteiger partial charge in [0.2, 0.25) is 0 Å². The fourth-order valence-corrected chi connectivity index (χ4v) is 1.40. The molecule has 0 amide bonds. The molecule has 1 heteroatoms. The van der Waals surface area contributed by atoms with Gasteiger partial charge >= 0.3 is 0 Å². The van der Waals surface area contributed by atoms with E-state index in [1.807, 2.05) is 7.05 Å². The van der Waals surface area contributed by atoms with E-state index >= 15 is 0 Å². The molecule has 52 valence electrons. The Bertz CT molecular complexity index is 134. The Morgan fingerprint density at radius 2 is 2.11 bits per heavy atom. The van der Waals surface area contributed by atoms with Crippen LogP contribution in [0.4, 0.5) is 0 Å². The predicted octanol–water partition coefficient (Wildman–Crippen LogP) is 2.27. The minimum atomic E-state index is 0.537. The smallest absolute Gasteiger partial charge is 0.0276 e. The molecule has 0 aromatic carbocycles. The second kappa shape index (κ2) is 2.13. The lowest BCUT2D eigenvalue weighted by Gasteiger charge is -2.13. The number of nitrogens with zero attached hydrogens (tertiary/aromatic N) is 1. The monoisotopic (exact) mass is 125 g/mol. The maximum atomic E-state index is 4.20. The standard InChI is InChI=1S/C8H15N/c1-8(2)5-4-7(6-8)9-3/h4-6H2,1-3H3. The van der Waals surface area contributed by atoms with Gasteiger partial charge in [0.25, 0.3) is 0 Å². The third kappa shape index (κ3) is 1.54. The van der Waals surface area contributed by atoms with Crippen molar-refractivity contribution in [2.24, 2.45) is 10.4 Å². The lowest BCUT2D eigenvalue weighted by molar-refractivity contribution is 0.393. The molecule has 0 spiro atoms. The summed E-state index contributed by atoms with van der Waals surface area (Å²) in [5.41, 5.74) is 1.94. The van der Waals surface area contributed by atoms with Crippen LogP contribution in [0.5, 0.6) is 0 Å². The van der Waals surface area contributed by atoms with Crippen LogP contribution < -0.4 is 0 Å². The number of hydrogen-bond donors (Lipinski definition) is 0. The zero-order valence-electron chi connectivity index (χ0n) is 6.57. The van der Waals surface area contributed by atoms with Crippen LogP contribution in [0.25, 0.3) is 0 Å². The highest BCUT2D eigenvalue weighted by molar-refractivity contribution is 5.86. The fraction of sp³-hybridized carbons (Fsp3) is 0.875. The minimum absolute atomic E-state index is 0.537. The van der Waals surface area contributed by atoms with E-state index in [1.54, 1.807) is 0 Å². The van der Waals surface area contributed by atoms with Crippen LogP contribution in [0.1, 0.15) is 33.1 Å². The molecule has 1 aliphatic carbocycles. The Morgan fingerprint density at radius 1 is 1.44 bits per heavy atom. The lowest BCUT2D eigenvalue weighted by atomic mass is 9.92. The molecular weight excluding hydrogens is 110 g/mol. The van der Waals surface area contributed by atoms with Gasteiger partial charge in [0.05, 0.1) is 0 Å². The number of rotatable bonds is 0. The third-order valence-corrected chi connectivity index (χ3v) is 2.09. The molecule has 0 bridgehead atoms. The summed E-state index contributed by atoms with van der Waals surface area (Å²) in [6.07, 6.45) is 3.76. The van der Waals surface area contributed by atoms with Crippen molar-refractivity contribution in [2.75, 3.05) is 7.05 Å². The lowest BCUT2D eigenvalue weighted by Crippen LogP contribution is -2.04. The van der Waals surface area contributed by atoms with Crippen LogP contribution in [0, 0.1) is 5.41 Å². The molecule has 0 N–H and O–H groups in total. The van der Waals surface area contributed by atoms with E-state index in [9.17, 15) is 0 Å². The summed E-state index contributed by atoms with van der Waals surface area (Å²) in [6.45, 7) is 4.62. The zero-order chi connectivity index (χ0) is 6.91. The van der Waals surface area contributed by atoms with Crippen LogP contribution in [-0.2, 0) is 0 Å². The average molecular weight is 125 g/mol. The average Bonchev–Trinajstić information content (AvgIpc) is 2.10. The molecule has 0 heterocycles. The molecule has 0 aromatic rings. The van der Waals surface area contributed by atoms with Crippen LogP contribution in [-0.4, -0.2) is 12.8 Å². The van der Waals surface area contributed by atoms with Gasteiger partial charge in [-0.1, -0.05) is 13.8 Å². The summed E-state index contributed by atoms with van der Waals surface area (Å²) < 4.78 is 0. The molecule has 0 aliphatic heterocycles. The Kier molecular flexibility index (Phi) is 1.60. The second-order valence-electron chi connectivity index (χ2n) is 3.63. The zero-order valence-corrected chi connectivity index (χ0v) is 6.57. The molecule has 0 radical (unpaired) electrons. The fourth-order valence-electron chi connectivity index (χ4n) is 1.40. The van der Waals surface area contributed by atoms with E-state index < -0.39 is 0 Å². The van der Waals surface area contributed by atoms with Crippen molar-refractivity contribution in [3.8, 4) is 0 Å². The van der Waals surface area contributed by atoms with Crippen molar-refractivity contribution in [3.05, 3.63) is 0 Å². The summed E-state index contributed by atoms with van der Waals surface area (Å²) in [5, 5.41) is 0. The molecule has 1 rings (SSSR count). The Labute approximate surface area is 57.2 Å². The maximum absolute atomic E-state index is 4.20. The summed E-state index contributed by atoms with van der Waals surface area (Å²) in [5.74, 6) is 0. The van der Waals surface area contributed by atoms with Crippen molar-refractivity contribution in [3.63, 3.8) is 0 Å². The van der Waals surface area contributed by atoms with Crippen molar-refractivity contribution >= 4 is 5.71 Å². The molecular formula is C8H15N. The van der Waals surface area contributed by atoms with Crippen molar-refractivity contribution in [1.82, 2.24) is 0 Å². The summed E-state index contributed by atoms with van der Waals surface area (Å²) >= 11 is 0. The molecule has 1 saturated carbocycles. The molecule has 1 nitrogen and oxygen atoms in total. The van der Waals surface area contributed by atoms with Crippen LogP contribution in [0.15, 0.2) is 4.99 Å². The highest BCUT2D eigenvalue weighted by Gasteiger charge is 2.26. The molecule has 1 aliphatic rings. The van der Waals surface area contributed by atoms with E-state index in [4.69, 9.17) is 0 Å². The first-order valence-electron chi connectivity index (χ1n) is 3.59. The van der Waals surface area contributed by atoms with Crippen molar-refractivity contribution in [1.29, 1.82) is 0 Å². The number of aliphatic imine (C=N–C) groups is 1. The Hall–Kier alpha value is -0.330. The largest absolute Gasteiger partial charge is 0.297 e. The molecule has 1 fully saturated rings. The van der Waals surface area contributed by atoms with Crippen LogP contribution in [0.3, 0.4) is 0 Å². The first-order chi connectivity index (χ1) is 4.14. The van der Waals surface area contributed by atoms with Crippen molar-refractivity contribution < 1.29 is 0 Å². The van der Waals surface area contributed by atoms with Crippen LogP contribution >= 0.6 is 0 Å². The SMILES string of the molecule is CN=C1CCC(C)(C)C1. The molecule has 9 heavy (non-hydrogen) atoms. The van der Waals surface area contributed by atoms with E-state index in [0.29, 0.717) is 5.41 Å². The van der Waals surface area contributed by atoms with E-state index in [2.05, 4.69) is 18.8 Å². The molecule has 0 saturated heterocycles. The molecule has 0 aromatic heterocycles. The Balaban J connectivity index is 2.57. The highest BCUT2D eigenvalue weighted by Crippen LogP contribution is 2.34. The normalized spacial score (nSPS) is 29.4. The summed E-state index contributed by atoms with van der Waals surface area (Å²) in [4.78, 5) is 4.20. The highest BCUT2D eigenvalue weighted by atomic mass is 14.7. The van der Waals surface area contributed by atoms with E-state index in [1.165, 1.54) is 25.0 Å². The molecule has 0 unspecified atom stereocenters. The van der Waals surface area contributed by atoms with Gasteiger partial charge in [0.15, 0.2) is 0 Å². The first kappa shape index (κ1) is 6.79. The minimum Gasteiger partial charge on any atom is -0.297 e. The predicted molar refractivity (Wildman–Crippen MR) is 41.0 cm³/mol. The molecule has 0 atom stereocenters.